The van der Waals surface area contributed by atoms with E-state index in [0.29, 0.717) is 5.92 Å². The van der Waals surface area contributed by atoms with Crippen molar-refractivity contribution in [3.05, 3.63) is 0 Å². The summed E-state index contributed by atoms with van der Waals surface area (Å²) in [5.41, 5.74) is 5.64. The van der Waals surface area contributed by atoms with Crippen molar-refractivity contribution in [3.63, 3.8) is 0 Å². The molecule has 1 aliphatic heterocycles. The molecule has 2 N–H and O–H groups in total. The quantitative estimate of drug-likeness (QED) is 0.706. The summed E-state index contributed by atoms with van der Waals surface area (Å²) in [6.45, 7) is 9.32. The van der Waals surface area contributed by atoms with Gasteiger partial charge in [-0.2, -0.15) is 0 Å². The summed E-state index contributed by atoms with van der Waals surface area (Å²) in [6.07, 6.45) is 2.89. The predicted octanol–water partition coefficient (Wildman–Crippen LogP) is 0.361. The molecule has 82 valence electrons. The maximum atomic E-state index is 5.64. The molecule has 0 radical (unpaired) electrons. The van der Waals surface area contributed by atoms with E-state index in [9.17, 15) is 0 Å². The van der Waals surface area contributed by atoms with Crippen LogP contribution in [-0.4, -0.2) is 55.1 Å². The van der Waals surface area contributed by atoms with Crippen LogP contribution in [0.1, 0.15) is 19.8 Å². The number of nitrogens with two attached hydrogens (primary N) is 1. The fraction of sp³-hybridized carbons (Fsp3) is 1.00. The molecule has 0 aromatic heterocycles. The van der Waals surface area contributed by atoms with Crippen LogP contribution in [-0.2, 0) is 0 Å². The van der Waals surface area contributed by atoms with Gasteiger partial charge in [-0.1, -0.05) is 6.92 Å². The van der Waals surface area contributed by atoms with E-state index < -0.39 is 0 Å². The fourth-order valence-electron chi connectivity index (χ4n) is 2.27. The second-order valence-corrected chi connectivity index (χ2v) is 4.91. The molecule has 1 heterocycles. The average molecular weight is 197 g/mol. The molecule has 3 nitrogen and oxygen atoms in total. The summed E-state index contributed by atoms with van der Waals surface area (Å²) in [7, 11) is 0. The van der Waals surface area contributed by atoms with Crippen LogP contribution in [0.5, 0.6) is 0 Å². The van der Waals surface area contributed by atoms with Crippen molar-refractivity contribution in [2.75, 3.05) is 39.3 Å². The Bertz CT molecular complexity index is 171. The highest BCUT2D eigenvalue weighted by Gasteiger charge is 2.31. The maximum Gasteiger partial charge on any atom is 0.0113 e. The van der Waals surface area contributed by atoms with Crippen molar-refractivity contribution in [3.8, 4) is 0 Å². The van der Waals surface area contributed by atoms with E-state index in [4.69, 9.17) is 5.73 Å². The molecule has 0 aromatic carbocycles. The van der Waals surface area contributed by atoms with Crippen LogP contribution in [0.15, 0.2) is 0 Å². The lowest BCUT2D eigenvalue weighted by molar-refractivity contribution is 0.116. The van der Waals surface area contributed by atoms with Gasteiger partial charge >= 0.3 is 0 Å². The van der Waals surface area contributed by atoms with Crippen LogP contribution in [0.3, 0.4) is 0 Å². The van der Waals surface area contributed by atoms with E-state index in [0.717, 1.165) is 12.6 Å². The first-order valence-corrected chi connectivity index (χ1v) is 5.96. The van der Waals surface area contributed by atoms with E-state index in [1.807, 2.05) is 0 Å². The van der Waals surface area contributed by atoms with Crippen LogP contribution in [0.4, 0.5) is 0 Å². The van der Waals surface area contributed by atoms with Gasteiger partial charge in [0.25, 0.3) is 0 Å². The molecular weight excluding hydrogens is 174 g/mol. The minimum absolute atomic E-state index is 0.655. The number of hydrogen-bond donors (Lipinski definition) is 1. The van der Waals surface area contributed by atoms with E-state index in [2.05, 4.69) is 16.7 Å². The van der Waals surface area contributed by atoms with E-state index in [1.165, 1.54) is 45.6 Å². The SMILES string of the molecule is CC(CN)CN1CCN(C2CC2)CC1. The highest BCUT2D eigenvalue weighted by molar-refractivity contribution is 4.87. The lowest BCUT2D eigenvalue weighted by atomic mass is 10.1. The van der Waals surface area contributed by atoms with Gasteiger partial charge in [0, 0.05) is 38.8 Å². The van der Waals surface area contributed by atoms with Crippen LogP contribution >= 0.6 is 0 Å². The van der Waals surface area contributed by atoms with Crippen LogP contribution < -0.4 is 5.73 Å². The molecule has 0 spiro atoms. The molecule has 2 aliphatic rings. The molecule has 14 heavy (non-hydrogen) atoms. The second-order valence-electron chi connectivity index (χ2n) is 4.91. The highest BCUT2D eigenvalue weighted by Crippen LogP contribution is 2.27. The monoisotopic (exact) mass is 197 g/mol. The Hall–Kier alpha value is -0.120. The highest BCUT2D eigenvalue weighted by atomic mass is 15.3. The Morgan fingerprint density at radius 3 is 2.36 bits per heavy atom. The Labute approximate surface area is 87.2 Å². The van der Waals surface area contributed by atoms with Gasteiger partial charge < -0.3 is 10.6 Å². The summed E-state index contributed by atoms with van der Waals surface area (Å²) < 4.78 is 0. The Morgan fingerprint density at radius 2 is 1.86 bits per heavy atom. The first-order chi connectivity index (χ1) is 6.79. The largest absolute Gasteiger partial charge is 0.330 e. The van der Waals surface area contributed by atoms with Crippen LogP contribution in [0.2, 0.25) is 0 Å². The molecule has 3 heteroatoms. The summed E-state index contributed by atoms with van der Waals surface area (Å²) in [6, 6.07) is 0.948. The molecule has 1 atom stereocenters. The van der Waals surface area contributed by atoms with Gasteiger partial charge in [0.2, 0.25) is 0 Å². The Balaban J connectivity index is 1.67. The average Bonchev–Trinajstić information content (AvgIpc) is 3.02. The van der Waals surface area contributed by atoms with Gasteiger partial charge in [0.05, 0.1) is 0 Å². The van der Waals surface area contributed by atoms with Crippen molar-refractivity contribution in [2.24, 2.45) is 11.7 Å². The summed E-state index contributed by atoms with van der Waals surface area (Å²) >= 11 is 0. The Morgan fingerprint density at radius 1 is 1.21 bits per heavy atom. The smallest absolute Gasteiger partial charge is 0.0113 e. The summed E-state index contributed by atoms with van der Waals surface area (Å²) in [4.78, 5) is 5.22. The zero-order chi connectivity index (χ0) is 9.97. The summed E-state index contributed by atoms with van der Waals surface area (Å²) in [5, 5.41) is 0. The minimum Gasteiger partial charge on any atom is -0.330 e. The fourth-order valence-corrected chi connectivity index (χ4v) is 2.27. The third-order valence-electron chi connectivity index (χ3n) is 3.44. The van der Waals surface area contributed by atoms with Crippen molar-refractivity contribution in [2.45, 2.75) is 25.8 Å². The number of nitrogens with zero attached hydrogens (tertiary/aromatic N) is 2. The number of hydrogen-bond acceptors (Lipinski definition) is 3. The number of piperazine rings is 1. The third kappa shape index (κ3) is 2.69. The first-order valence-electron chi connectivity index (χ1n) is 5.96. The van der Waals surface area contributed by atoms with Gasteiger partial charge in [-0.05, 0) is 25.3 Å². The number of rotatable bonds is 4. The molecule has 0 bridgehead atoms. The first kappa shape index (κ1) is 10.4. The van der Waals surface area contributed by atoms with Gasteiger partial charge in [-0.15, -0.1) is 0 Å². The topological polar surface area (TPSA) is 32.5 Å². The van der Waals surface area contributed by atoms with Crippen molar-refractivity contribution in [1.82, 2.24) is 9.80 Å². The lowest BCUT2D eigenvalue weighted by Crippen LogP contribution is -2.48. The molecule has 2 fully saturated rings. The predicted molar refractivity (Wildman–Crippen MR) is 59.3 cm³/mol. The standard InChI is InChI=1S/C11H23N3/c1-10(8-12)9-13-4-6-14(7-5-13)11-2-3-11/h10-11H,2-9,12H2,1H3. The maximum absolute atomic E-state index is 5.64. The molecule has 0 amide bonds. The third-order valence-corrected chi connectivity index (χ3v) is 3.44. The molecular formula is C11H23N3. The van der Waals surface area contributed by atoms with Crippen LogP contribution in [0, 0.1) is 5.92 Å². The zero-order valence-corrected chi connectivity index (χ0v) is 9.28. The van der Waals surface area contributed by atoms with Crippen molar-refractivity contribution >= 4 is 0 Å². The van der Waals surface area contributed by atoms with Crippen LogP contribution in [0.25, 0.3) is 0 Å². The zero-order valence-electron chi connectivity index (χ0n) is 9.28. The molecule has 1 saturated heterocycles. The van der Waals surface area contributed by atoms with Gasteiger partial charge in [0.15, 0.2) is 0 Å². The van der Waals surface area contributed by atoms with Crippen molar-refractivity contribution in [1.29, 1.82) is 0 Å². The molecule has 0 aromatic rings. The molecule has 2 rings (SSSR count). The molecule has 1 unspecified atom stereocenters. The van der Waals surface area contributed by atoms with Gasteiger partial charge in [-0.3, -0.25) is 4.90 Å². The minimum atomic E-state index is 0.655. The molecule has 1 aliphatic carbocycles. The normalized spacial score (nSPS) is 27.9. The van der Waals surface area contributed by atoms with Gasteiger partial charge in [-0.25, -0.2) is 0 Å². The van der Waals surface area contributed by atoms with E-state index in [1.54, 1.807) is 0 Å². The van der Waals surface area contributed by atoms with Gasteiger partial charge in [0.1, 0.15) is 0 Å². The lowest BCUT2D eigenvalue weighted by Gasteiger charge is -2.35. The van der Waals surface area contributed by atoms with E-state index in [-0.39, 0.29) is 0 Å². The van der Waals surface area contributed by atoms with E-state index >= 15 is 0 Å². The Kier molecular flexibility index (Phi) is 3.42. The van der Waals surface area contributed by atoms with Crippen molar-refractivity contribution < 1.29 is 0 Å². The molecule has 1 saturated carbocycles. The summed E-state index contributed by atoms with van der Waals surface area (Å²) in [5.74, 6) is 0.655. The second kappa shape index (κ2) is 4.60.